The summed E-state index contributed by atoms with van der Waals surface area (Å²) in [6.45, 7) is 0. The molecule has 0 saturated heterocycles. The first-order valence-electron chi connectivity index (χ1n) is 5.49. The normalized spacial score (nSPS) is 12.4. The van der Waals surface area contributed by atoms with Crippen LogP contribution in [0.2, 0.25) is 0 Å². The molecular formula is C13H16N2O2. The van der Waals surface area contributed by atoms with Gasteiger partial charge in [-0.1, -0.05) is 18.2 Å². The molecule has 0 amide bonds. The number of ether oxygens (including phenoxy) is 1. The maximum atomic E-state index is 10.2. The average Bonchev–Trinajstić information content (AvgIpc) is 2.75. The molecule has 1 atom stereocenters. The highest BCUT2D eigenvalue weighted by molar-refractivity contribution is 5.35. The van der Waals surface area contributed by atoms with Gasteiger partial charge in [0.25, 0.3) is 0 Å². The number of hydrogen-bond donors (Lipinski definition) is 1. The average molecular weight is 232 g/mol. The number of para-hydroxylation sites is 1. The van der Waals surface area contributed by atoms with Crippen LogP contribution < -0.4 is 4.74 Å². The van der Waals surface area contributed by atoms with Crippen LogP contribution in [-0.2, 0) is 13.5 Å². The highest BCUT2D eigenvalue weighted by Gasteiger charge is 2.15. The molecule has 0 aliphatic carbocycles. The standard InChI is InChI=1S/C13H16N2O2/c1-15-8-7-14-13(15)9-11(16)10-5-3-4-6-12(10)17-2/h3-8,11,16H,9H2,1-2H3. The second kappa shape index (κ2) is 5.01. The van der Waals surface area contributed by atoms with Gasteiger partial charge in [0.15, 0.2) is 0 Å². The number of aryl methyl sites for hydroxylation is 1. The van der Waals surface area contributed by atoms with Crippen molar-refractivity contribution in [1.29, 1.82) is 0 Å². The van der Waals surface area contributed by atoms with Gasteiger partial charge < -0.3 is 14.4 Å². The molecule has 0 spiro atoms. The van der Waals surface area contributed by atoms with E-state index in [0.717, 1.165) is 11.4 Å². The van der Waals surface area contributed by atoms with Gasteiger partial charge in [0.05, 0.1) is 13.2 Å². The Morgan fingerprint density at radius 1 is 1.41 bits per heavy atom. The summed E-state index contributed by atoms with van der Waals surface area (Å²) >= 11 is 0. The Balaban J connectivity index is 2.20. The summed E-state index contributed by atoms with van der Waals surface area (Å²) in [5, 5.41) is 10.2. The lowest BCUT2D eigenvalue weighted by Crippen LogP contribution is -2.07. The molecular weight excluding hydrogens is 216 g/mol. The smallest absolute Gasteiger partial charge is 0.124 e. The molecule has 0 aliphatic rings. The molecule has 1 unspecified atom stereocenters. The number of aliphatic hydroxyl groups is 1. The maximum absolute atomic E-state index is 10.2. The van der Waals surface area contributed by atoms with Gasteiger partial charge in [-0.3, -0.25) is 0 Å². The third-order valence-corrected chi connectivity index (χ3v) is 2.79. The van der Waals surface area contributed by atoms with E-state index < -0.39 is 6.10 Å². The minimum Gasteiger partial charge on any atom is -0.496 e. The van der Waals surface area contributed by atoms with Crippen LogP contribution in [0, 0.1) is 0 Å². The zero-order valence-electron chi connectivity index (χ0n) is 10.00. The van der Waals surface area contributed by atoms with E-state index in [1.807, 2.05) is 42.1 Å². The first-order valence-corrected chi connectivity index (χ1v) is 5.49. The Kier molecular flexibility index (Phi) is 3.44. The number of benzene rings is 1. The quantitative estimate of drug-likeness (QED) is 0.872. The predicted octanol–water partition coefficient (Wildman–Crippen LogP) is 1.70. The lowest BCUT2D eigenvalue weighted by Gasteiger charge is -2.14. The molecule has 4 heteroatoms. The summed E-state index contributed by atoms with van der Waals surface area (Å²) in [5.41, 5.74) is 0.790. The van der Waals surface area contributed by atoms with E-state index in [-0.39, 0.29) is 0 Å². The minimum atomic E-state index is -0.604. The van der Waals surface area contributed by atoms with Crippen LogP contribution in [0.25, 0.3) is 0 Å². The van der Waals surface area contributed by atoms with Crippen LogP contribution in [0.15, 0.2) is 36.7 Å². The third-order valence-electron chi connectivity index (χ3n) is 2.79. The molecule has 0 bridgehead atoms. The highest BCUT2D eigenvalue weighted by atomic mass is 16.5. The second-order valence-electron chi connectivity index (χ2n) is 3.92. The lowest BCUT2D eigenvalue weighted by molar-refractivity contribution is 0.170. The maximum Gasteiger partial charge on any atom is 0.124 e. The van der Waals surface area contributed by atoms with Crippen molar-refractivity contribution in [3.63, 3.8) is 0 Å². The van der Waals surface area contributed by atoms with Gasteiger partial charge in [-0.2, -0.15) is 0 Å². The molecule has 1 N–H and O–H groups in total. The molecule has 90 valence electrons. The van der Waals surface area contributed by atoms with Crippen molar-refractivity contribution in [3.8, 4) is 5.75 Å². The summed E-state index contributed by atoms with van der Waals surface area (Å²) in [5.74, 6) is 1.55. The zero-order valence-corrected chi connectivity index (χ0v) is 10.00. The van der Waals surface area contributed by atoms with Crippen molar-refractivity contribution in [2.75, 3.05) is 7.11 Å². The van der Waals surface area contributed by atoms with Crippen LogP contribution in [0.1, 0.15) is 17.5 Å². The summed E-state index contributed by atoms with van der Waals surface area (Å²) < 4.78 is 7.13. The monoisotopic (exact) mass is 232 g/mol. The van der Waals surface area contributed by atoms with Crippen molar-refractivity contribution in [1.82, 2.24) is 9.55 Å². The number of imidazole rings is 1. The van der Waals surface area contributed by atoms with Gasteiger partial charge in [0.1, 0.15) is 11.6 Å². The number of rotatable bonds is 4. The minimum absolute atomic E-state index is 0.476. The zero-order chi connectivity index (χ0) is 12.3. The van der Waals surface area contributed by atoms with Gasteiger partial charge in [0, 0.05) is 31.4 Å². The topological polar surface area (TPSA) is 47.3 Å². The Bertz CT molecular complexity index is 494. The molecule has 1 aromatic carbocycles. The summed E-state index contributed by atoms with van der Waals surface area (Å²) in [6, 6.07) is 7.48. The molecule has 0 aliphatic heterocycles. The van der Waals surface area contributed by atoms with Crippen molar-refractivity contribution in [2.45, 2.75) is 12.5 Å². The number of nitrogens with zero attached hydrogens (tertiary/aromatic N) is 2. The Labute approximate surface area is 100 Å². The second-order valence-corrected chi connectivity index (χ2v) is 3.92. The fraction of sp³-hybridized carbons (Fsp3) is 0.308. The Morgan fingerprint density at radius 3 is 2.82 bits per heavy atom. The van der Waals surface area contributed by atoms with E-state index in [0.29, 0.717) is 12.2 Å². The van der Waals surface area contributed by atoms with Crippen LogP contribution in [0.4, 0.5) is 0 Å². The van der Waals surface area contributed by atoms with E-state index in [4.69, 9.17) is 4.74 Å². The SMILES string of the molecule is COc1ccccc1C(O)Cc1nccn1C. The molecule has 4 nitrogen and oxygen atoms in total. The van der Waals surface area contributed by atoms with Gasteiger partial charge >= 0.3 is 0 Å². The first-order chi connectivity index (χ1) is 8.22. The van der Waals surface area contributed by atoms with Crippen LogP contribution >= 0.6 is 0 Å². The Hall–Kier alpha value is -1.81. The van der Waals surface area contributed by atoms with Gasteiger partial charge in [-0.25, -0.2) is 4.98 Å². The predicted molar refractivity (Wildman–Crippen MR) is 64.9 cm³/mol. The van der Waals surface area contributed by atoms with Crippen molar-refractivity contribution >= 4 is 0 Å². The molecule has 2 aromatic rings. The summed E-state index contributed by atoms with van der Waals surface area (Å²) in [6.07, 6.45) is 3.46. The van der Waals surface area contributed by atoms with Crippen molar-refractivity contribution < 1.29 is 9.84 Å². The molecule has 2 rings (SSSR count). The fourth-order valence-corrected chi connectivity index (χ4v) is 1.82. The van der Waals surface area contributed by atoms with Gasteiger partial charge in [-0.15, -0.1) is 0 Å². The Morgan fingerprint density at radius 2 is 2.18 bits per heavy atom. The molecule has 1 heterocycles. The molecule has 0 saturated carbocycles. The number of aliphatic hydroxyl groups excluding tert-OH is 1. The third kappa shape index (κ3) is 2.47. The van der Waals surface area contributed by atoms with E-state index in [2.05, 4.69) is 4.98 Å². The number of hydrogen-bond acceptors (Lipinski definition) is 3. The van der Waals surface area contributed by atoms with E-state index in [1.165, 1.54) is 0 Å². The molecule has 0 fully saturated rings. The van der Waals surface area contributed by atoms with Crippen molar-refractivity contribution in [3.05, 3.63) is 48.0 Å². The largest absolute Gasteiger partial charge is 0.496 e. The molecule has 1 aromatic heterocycles. The van der Waals surface area contributed by atoms with Gasteiger partial charge in [-0.05, 0) is 6.07 Å². The van der Waals surface area contributed by atoms with E-state index in [1.54, 1.807) is 13.3 Å². The number of methoxy groups -OCH3 is 1. The van der Waals surface area contributed by atoms with E-state index >= 15 is 0 Å². The number of aromatic nitrogens is 2. The van der Waals surface area contributed by atoms with Crippen LogP contribution in [-0.4, -0.2) is 21.8 Å². The summed E-state index contributed by atoms with van der Waals surface area (Å²) in [4.78, 5) is 4.20. The molecule has 0 radical (unpaired) electrons. The highest BCUT2D eigenvalue weighted by Crippen LogP contribution is 2.26. The van der Waals surface area contributed by atoms with Crippen LogP contribution in [0.3, 0.4) is 0 Å². The molecule has 17 heavy (non-hydrogen) atoms. The lowest BCUT2D eigenvalue weighted by atomic mass is 10.1. The van der Waals surface area contributed by atoms with E-state index in [9.17, 15) is 5.11 Å². The van der Waals surface area contributed by atoms with Gasteiger partial charge in [0.2, 0.25) is 0 Å². The summed E-state index contributed by atoms with van der Waals surface area (Å²) in [7, 11) is 3.52. The first kappa shape index (κ1) is 11.7. The fourth-order valence-electron chi connectivity index (χ4n) is 1.82. The van der Waals surface area contributed by atoms with Crippen LogP contribution in [0.5, 0.6) is 5.75 Å². The van der Waals surface area contributed by atoms with Crippen molar-refractivity contribution in [2.24, 2.45) is 7.05 Å².